The van der Waals surface area contributed by atoms with Gasteiger partial charge in [0.05, 0.1) is 22.2 Å². The summed E-state index contributed by atoms with van der Waals surface area (Å²) in [4.78, 5) is 28.0. The topological polar surface area (TPSA) is 115 Å². The number of rotatable bonds is 7. The molecule has 0 aliphatic carbocycles. The number of hydrogen-bond acceptors (Lipinski definition) is 8. The van der Waals surface area contributed by atoms with Crippen molar-refractivity contribution in [2.24, 2.45) is 5.16 Å². The van der Waals surface area contributed by atoms with Crippen LogP contribution in [-0.2, 0) is 23.9 Å². The third-order valence-corrected chi connectivity index (χ3v) is 4.32. The molecule has 2 atom stereocenters. The largest absolute Gasteiger partial charge is 0.505 e. The van der Waals surface area contributed by atoms with Gasteiger partial charge in [0.15, 0.2) is 11.9 Å². The van der Waals surface area contributed by atoms with Gasteiger partial charge in [-0.15, -0.1) is 0 Å². The second-order valence-electron chi connectivity index (χ2n) is 5.44. The Bertz CT molecular complexity index is 806. The number of carbonyl (C=O) groups excluding carboxylic acids is 2. The molecule has 145 valence electrons. The maximum Gasteiger partial charge on any atom is 0.378 e. The fraction of sp³-hybridized carbons (Fsp3) is 0.294. The molecule has 1 aliphatic heterocycles. The Morgan fingerprint density at radius 3 is 2.59 bits per heavy atom. The smallest absolute Gasteiger partial charge is 0.378 e. The van der Waals surface area contributed by atoms with Crippen LogP contribution < -0.4 is 0 Å². The van der Waals surface area contributed by atoms with E-state index in [9.17, 15) is 19.8 Å². The number of oxime groups is 1. The number of benzene rings is 1. The Kier molecular flexibility index (Phi) is 6.92. The van der Waals surface area contributed by atoms with Gasteiger partial charge in [-0.1, -0.05) is 34.4 Å². The van der Waals surface area contributed by atoms with Crippen LogP contribution in [0.15, 0.2) is 34.9 Å². The van der Waals surface area contributed by atoms with Crippen LogP contribution in [0.3, 0.4) is 0 Å². The van der Waals surface area contributed by atoms with Gasteiger partial charge in [0.1, 0.15) is 13.2 Å². The number of esters is 2. The van der Waals surface area contributed by atoms with E-state index in [0.29, 0.717) is 21.3 Å². The number of aliphatic hydroxyl groups excluding tert-OH is 2. The van der Waals surface area contributed by atoms with Gasteiger partial charge in [-0.2, -0.15) is 0 Å². The first kappa shape index (κ1) is 20.9. The zero-order valence-corrected chi connectivity index (χ0v) is 15.7. The highest BCUT2D eigenvalue weighted by Crippen LogP contribution is 2.25. The van der Waals surface area contributed by atoms with E-state index in [4.69, 9.17) is 32.8 Å². The van der Waals surface area contributed by atoms with Gasteiger partial charge in [0.2, 0.25) is 5.76 Å². The highest BCUT2D eigenvalue weighted by atomic mass is 35.5. The van der Waals surface area contributed by atoms with E-state index in [-0.39, 0.29) is 12.8 Å². The minimum Gasteiger partial charge on any atom is -0.505 e. The predicted molar refractivity (Wildman–Crippen MR) is 96.6 cm³/mol. The fourth-order valence-electron chi connectivity index (χ4n) is 2.26. The number of halogens is 2. The first-order valence-electron chi connectivity index (χ1n) is 7.65. The van der Waals surface area contributed by atoms with Crippen LogP contribution in [0.2, 0.25) is 10.0 Å². The van der Waals surface area contributed by atoms with E-state index >= 15 is 0 Å². The van der Waals surface area contributed by atoms with Crippen molar-refractivity contribution in [3.63, 3.8) is 0 Å². The lowest BCUT2D eigenvalue weighted by molar-refractivity contribution is -0.158. The molecule has 0 bridgehead atoms. The monoisotopic (exact) mass is 416 g/mol. The van der Waals surface area contributed by atoms with Crippen molar-refractivity contribution >= 4 is 40.9 Å². The number of aliphatic hydroxyl groups is 2. The van der Waals surface area contributed by atoms with E-state index < -0.39 is 35.7 Å². The fourth-order valence-corrected chi connectivity index (χ4v) is 2.55. The third kappa shape index (κ3) is 5.05. The van der Waals surface area contributed by atoms with Gasteiger partial charge in [0, 0.05) is 12.0 Å². The van der Waals surface area contributed by atoms with Gasteiger partial charge in [-0.3, -0.25) is 4.79 Å². The molecule has 2 N–H and O–H groups in total. The van der Waals surface area contributed by atoms with Crippen LogP contribution in [0.1, 0.15) is 18.4 Å². The van der Waals surface area contributed by atoms with Crippen molar-refractivity contribution in [3.8, 4) is 0 Å². The minimum absolute atomic E-state index is 0.106. The van der Waals surface area contributed by atoms with Crippen LogP contribution in [0.25, 0.3) is 0 Å². The minimum atomic E-state index is -1.36. The van der Waals surface area contributed by atoms with Crippen molar-refractivity contribution in [2.45, 2.75) is 25.0 Å². The molecule has 1 heterocycles. The highest BCUT2D eigenvalue weighted by Gasteiger charge is 2.39. The molecule has 0 saturated heterocycles. The predicted octanol–water partition coefficient (Wildman–Crippen LogP) is 3.12. The zero-order valence-electron chi connectivity index (χ0n) is 14.1. The molecule has 1 aromatic rings. The van der Waals surface area contributed by atoms with Crippen LogP contribution >= 0.6 is 23.2 Å². The standard InChI is InChI=1S/C17H16Cl2NO7/c1-8(16-14(22)15(23)17(24)27-16)26-13(21)6-5-12(20-25-2)9-3-4-10(18)11(19)7-9/h3-4,7-8,16,22-23H,1,5-6H2,2H3/t8-,16+/m0/s1. The number of nitrogens with zero attached hydrogens (tertiary/aromatic N) is 1. The molecule has 27 heavy (non-hydrogen) atoms. The number of carbonyl (C=O) groups is 2. The summed E-state index contributed by atoms with van der Waals surface area (Å²) in [6.07, 6.45) is -2.55. The summed E-state index contributed by atoms with van der Waals surface area (Å²) in [6.45, 7) is 3.51. The number of ether oxygens (including phenoxy) is 2. The van der Waals surface area contributed by atoms with Crippen LogP contribution in [0.5, 0.6) is 0 Å². The van der Waals surface area contributed by atoms with E-state index in [0.717, 1.165) is 0 Å². The van der Waals surface area contributed by atoms with E-state index in [1.165, 1.54) is 7.11 Å². The number of hydrogen-bond donors (Lipinski definition) is 2. The zero-order chi connectivity index (χ0) is 20.1. The van der Waals surface area contributed by atoms with Gasteiger partial charge in [-0.05, 0) is 19.1 Å². The number of cyclic esters (lactones) is 1. The molecule has 8 nitrogen and oxygen atoms in total. The molecular formula is C17H16Cl2NO7. The SMILES string of the molecule is [CH2][C@H](OC(=O)CCC(=NOC)c1ccc(Cl)c(Cl)c1)[C@H]1OC(=O)C(O)=C1O. The van der Waals surface area contributed by atoms with Gasteiger partial charge in [0.25, 0.3) is 0 Å². The molecule has 1 radical (unpaired) electrons. The highest BCUT2D eigenvalue weighted by molar-refractivity contribution is 6.42. The second kappa shape index (κ2) is 8.96. The van der Waals surface area contributed by atoms with Gasteiger partial charge in [-0.25, -0.2) is 4.79 Å². The Morgan fingerprint density at radius 1 is 1.33 bits per heavy atom. The summed E-state index contributed by atoms with van der Waals surface area (Å²) >= 11 is 11.9. The molecule has 0 amide bonds. The average Bonchev–Trinajstić information content (AvgIpc) is 2.88. The quantitative estimate of drug-likeness (QED) is 0.398. The van der Waals surface area contributed by atoms with Crippen molar-refractivity contribution in [3.05, 3.63) is 52.2 Å². The lowest BCUT2D eigenvalue weighted by Gasteiger charge is -2.18. The molecule has 0 spiro atoms. The maximum atomic E-state index is 12.0. The normalized spacial score (nSPS) is 18.3. The maximum absolute atomic E-state index is 12.0. The van der Waals surface area contributed by atoms with E-state index in [1.54, 1.807) is 18.2 Å². The molecule has 2 rings (SSSR count). The lowest BCUT2D eigenvalue weighted by Crippen LogP contribution is -2.31. The Hall–Kier alpha value is -2.45. The first-order valence-corrected chi connectivity index (χ1v) is 8.41. The first-order chi connectivity index (χ1) is 12.7. The van der Waals surface area contributed by atoms with Crippen molar-refractivity contribution < 1.29 is 34.1 Å². The van der Waals surface area contributed by atoms with Crippen LogP contribution in [-0.4, -0.2) is 47.2 Å². The van der Waals surface area contributed by atoms with Crippen molar-refractivity contribution in [2.75, 3.05) is 7.11 Å². The Morgan fingerprint density at radius 2 is 2.04 bits per heavy atom. The summed E-state index contributed by atoms with van der Waals surface area (Å²) in [6, 6.07) is 4.84. The Labute approximate surface area is 164 Å². The van der Waals surface area contributed by atoms with E-state index in [2.05, 4.69) is 16.8 Å². The average molecular weight is 417 g/mol. The lowest BCUT2D eigenvalue weighted by atomic mass is 10.1. The summed E-state index contributed by atoms with van der Waals surface area (Å²) in [5.74, 6) is -3.46. The summed E-state index contributed by atoms with van der Waals surface area (Å²) in [7, 11) is 1.36. The van der Waals surface area contributed by atoms with Crippen molar-refractivity contribution in [1.82, 2.24) is 0 Å². The molecular weight excluding hydrogens is 401 g/mol. The molecule has 0 aromatic heterocycles. The van der Waals surface area contributed by atoms with E-state index in [1.807, 2.05) is 0 Å². The van der Waals surface area contributed by atoms with Gasteiger partial charge < -0.3 is 24.5 Å². The van der Waals surface area contributed by atoms with Crippen molar-refractivity contribution in [1.29, 1.82) is 0 Å². The molecule has 0 saturated carbocycles. The molecule has 0 fully saturated rings. The van der Waals surface area contributed by atoms with Gasteiger partial charge >= 0.3 is 11.9 Å². The molecule has 10 heteroatoms. The third-order valence-electron chi connectivity index (χ3n) is 3.58. The molecule has 0 unspecified atom stereocenters. The molecule has 1 aromatic carbocycles. The summed E-state index contributed by atoms with van der Waals surface area (Å²) in [5, 5.41) is 23.4. The second-order valence-corrected chi connectivity index (χ2v) is 6.25. The summed E-state index contributed by atoms with van der Waals surface area (Å²) in [5.41, 5.74) is 1.04. The summed E-state index contributed by atoms with van der Waals surface area (Å²) < 4.78 is 9.72. The molecule has 1 aliphatic rings. The Balaban J connectivity index is 1.97. The van der Waals surface area contributed by atoms with Crippen LogP contribution in [0, 0.1) is 6.92 Å². The van der Waals surface area contributed by atoms with Crippen LogP contribution in [0.4, 0.5) is 0 Å².